The van der Waals surface area contributed by atoms with Crippen molar-refractivity contribution in [3.8, 4) is 0 Å². The first-order chi connectivity index (χ1) is 10.0. The number of nitrogens with zero attached hydrogens (tertiary/aromatic N) is 1. The number of anilines is 1. The van der Waals surface area contributed by atoms with Crippen LogP contribution in [0.5, 0.6) is 0 Å². The highest BCUT2D eigenvalue weighted by atomic mass is 32.1. The molecule has 1 heterocycles. The van der Waals surface area contributed by atoms with Crippen LogP contribution in [0.4, 0.5) is 5.69 Å². The summed E-state index contributed by atoms with van der Waals surface area (Å²) >= 11 is 1.71. The third kappa shape index (κ3) is 3.57. The number of benzene rings is 1. The van der Waals surface area contributed by atoms with Crippen molar-refractivity contribution in [1.82, 2.24) is 4.98 Å². The van der Waals surface area contributed by atoms with Crippen molar-refractivity contribution < 1.29 is 0 Å². The average Bonchev–Trinajstić information content (AvgIpc) is 2.92. The Hall–Kier alpha value is -1.09. The van der Waals surface area contributed by atoms with Crippen LogP contribution < -0.4 is 5.32 Å². The molecule has 0 amide bonds. The van der Waals surface area contributed by atoms with Crippen LogP contribution in [-0.4, -0.2) is 11.5 Å². The van der Waals surface area contributed by atoms with E-state index >= 15 is 0 Å². The van der Waals surface area contributed by atoms with E-state index in [-0.39, 0.29) is 0 Å². The molecular weight excluding hydrogens is 276 g/mol. The van der Waals surface area contributed by atoms with Crippen LogP contribution in [-0.2, 0) is 0 Å². The molecule has 0 spiro atoms. The summed E-state index contributed by atoms with van der Waals surface area (Å²) < 4.78 is 1.27. The van der Waals surface area contributed by atoms with Gasteiger partial charge in [0.1, 0.15) is 0 Å². The molecule has 0 unspecified atom stereocenters. The average molecular weight is 302 g/mol. The van der Waals surface area contributed by atoms with Gasteiger partial charge < -0.3 is 5.32 Å². The molecule has 3 rings (SSSR count). The number of nitrogens with one attached hydrogen (secondary N) is 1. The van der Waals surface area contributed by atoms with E-state index in [4.69, 9.17) is 0 Å². The van der Waals surface area contributed by atoms with E-state index in [1.165, 1.54) is 36.1 Å². The normalized spacial score (nSPS) is 23.4. The van der Waals surface area contributed by atoms with Crippen LogP contribution in [0.2, 0.25) is 0 Å². The summed E-state index contributed by atoms with van der Waals surface area (Å²) in [6.07, 6.45) is 5.53. The topological polar surface area (TPSA) is 24.9 Å². The molecule has 1 N–H and O–H groups in total. The summed E-state index contributed by atoms with van der Waals surface area (Å²) in [7, 11) is 0. The number of hydrogen-bond donors (Lipinski definition) is 1. The van der Waals surface area contributed by atoms with Gasteiger partial charge in [0.25, 0.3) is 0 Å². The van der Waals surface area contributed by atoms with Crippen LogP contribution in [0.1, 0.15) is 46.5 Å². The maximum Gasteiger partial charge on any atom is 0.0813 e. The summed E-state index contributed by atoms with van der Waals surface area (Å²) in [5, 5.41) is 3.63. The zero-order chi connectivity index (χ0) is 14.9. The fourth-order valence-electron chi connectivity index (χ4n) is 3.46. The third-order valence-corrected chi connectivity index (χ3v) is 5.79. The second-order valence-corrected chi connectivity index (χ2v) is 8.39. The first-order valence-electron chi connectivity index (χ1n) is 8.09. The predicted octanol–water partition coefficient (Wildman–Crippen LogP) is 5.56. The molecule has 21 heavy (non-hydrogen) atoms. The minimum absolute atomic E-state index is 0.482. The quantitative estimate of drug-likeness (QED) is 0.802. The molecule has 2 aromatic rings. The Kier molecular flexibility index (Phi) is 4.21. The number of aromatic nitrogens is 1. The highest BCUT2D eigenvalue weighted by Gasteiger charge is 2.29. The summed E-state index contributed by atoms with van der Waals surface area (Å²) in [5.74, 6) is 1.74. The van der Waals surface area contributed by atoms with Crippen molar-refractivity contribution in [2.24, 2.45) is 17.3 Å². The van der Waals surface area contributed by atoms with Gasteiger partial charge in [-0.3, -0.25) is 0 Å². The largest absolute Gasteiger partial charge is 0.385 e. The smallest absolute Gasteiger partial charge is 0.0813 e. The van der Waals surface area contributed by atoms with Gasteiger partial charge in [-0.1, -0.05) is 20.8 Å². The Morgan fingerprint density at radius 1 is 1.19 bits per heavy atom. The van der Waals surface area contributed by atoms with Crippen molar-refractivity contribution >= 4 is 27.2 Å². The second kappa shape index (κ2) is 5.96. The molecule has 0 radical (unpaired) electrons. The summed E-state index contributed by atoms with van der Waals surface area (Å²) in [6.45, 7) is 8.28. The first kappa shape index (κ1) is 14.8. The van der Waals surface area contributed by atoms with Crippen LogP contribution in [0.25, 0.3) is 10.2 Å². The predicted molar refractivity (Wildman–Crippen MR) is 93.0 cm³/mol. The van der Waals surface area contributed by atoms with E-state index in [1.54, 1.807) is 11.3 Å². The van der Waals surface area contributed by atoms with Crippen LogP contribution >= 0.6 is 11.3 Å². The van der Waals surface area contributed by atoms with Crippen molar-refractivity contribution in [3.05, 3.63) is 23.7 Å². The molecule has 0 aliphatic heterocycles. The van der Waals surface area contributed by atoms with Crippen molar-refractivity contribution in [3.63, 3.8) is 0 Å². The van der Waals surface area contributed by atoms with Crippen molar-refractivity contribution in [2.45, 2.75) is 46.5 Å². The molecule has 1 aliphatic rings. The third-order valence-electron chi connectivity index (χ3n) is 5.00. The molecule has 114 valence electrons. The van der Waals surface area contributed by atoms with E-state index in [1.807, 2.05) is 5.51 Å². The Morgan fingerprint density at radius 3 is 2.67 bits per heavy atom. The second-order valence-electron chi connectivity index (χ2n) is 7.50. The van der Waals surface area contributed by atoms with Gasteiger partial charge in [-0.2, -0.15) is 0 Å². The highest BCUT2D eigenvalue weighted by molar-refractivity contribution is 7.16. The zero-order valence-corrected chi connectivity index (χ0v) is 14.2. The maximum atomic E-state index is 4.33. The van der Waals surface area contributed by atoms with Gasteiger partial charge in [0, 0.05) is 12.2 Å². The van der Waals surface area contributed by atoms with Crippen molar-refractivity contribution in [2.75, 3.05) is 11.9 Å². The fourth-order valence-corrected chi connectivity index (χ4v) is 4.18. The van der Waals surface area contributed by atoms with Crippen LogP contribution in [0.3, 0.4) is 0 Å². The van der Waals surface area contributed by atoms with E-state index < -0.39 is 0 Å². The zero-order valence-electron chi connectivity index (χ0n) is 13.4. The lowest BCUT2D eigenvalue weighted by atomic mass is 9.70. The molecule has 1 aliphatic carbocycles. The molecule has 1 aromatic carbocycles. The van der Waals surface area contributed by atoms with Gasteiger partial charge >= 0.3 is 0 Å². The van der Waals surface area contributed by atoms with Gasteiger partial charge in [-0.15, -0.1) is 11.3 Å². The van der Waals surface area contributed by atoms with Gasteiger partial charge in [-0.25, -0.2) is 4.98 Å². The summed E-state index contributed by atoms with van der Waals surface area (Å²) in [6, 6.07) is 6.50. The molecule has 0 saturated heterocycles. The number of thiazole rings is 1. The standard InChI is InChI=1S/C18H26N2S/c1-18(2,3)14-6-4-13(5-7-14)11-19-15-8-9-16-17(10-15)21-12-20-16/h8-10,12-14,19H,4-7,11H2,1-3H3. The summed E-state index contributed by atoms with van der Waals surface area (Å²) in [5.41, 5.74) is 4.75. The van der Waals surface area contributed by atoms with E-state index in [0.717, 1.165) is 23.9 Å². The van der Waals surface area contributed by atoms with Crippen LogP contribution in [0, 0.1) is 17.3 Å². The van der Waals surface area contributed by atoms with Gasteiger partial charge in [0.2, 0.25) is 0 Å². The molecule has 1 saturated carbocycles. The Bertz CT molecular complexity index is 589. The van der Waals surface area contributed by atoms with Gasteiger partial charge in [0.15, 0.2) is 0 Å². The maximum absolute atomic E-state index is 4.33. The Balaban J connectivity index is 1.52. The van der Waals surface area contributed by atoms with Gasteiger partial charge in [-0.05, 0) is 61.1 Å². The van der Waals surface area contributed by atoms with Crippen LogP contribution in [0.15, 0.2) is 23.7 Å². The number of fused-ring (bicyclic) bond motifs is 1. The lowest BCUT2D eigenvalue weighted by molar-refractivity contribution is 0.153. The Labute approximate surface area is 132 Å². The highest BCUT2D eigenvalue weighted by Crippen LogP contribution is 2.39. The monoisotopic (exact) mass is 302 g/mol. The minimum Gasteiger partial charge on any atom is -0.385 e. The van der Waals surface area contributed by atoms with E-state index in [9.17, 15) is 0 Å². The molecule has 3 heteroatoms. The molecular formula is C18H26N2S. The molecule has 1 aromatic heterocycles. The Morgan fingerprint density at radius 2 is 1.95 bits per heavy atom. The number of rotatable bonds is 3. The lowest BCUT2D eigenvalue weighted by Gasteiger charge is -2.37. The van der Waals surface area contributed by atoms with E-state index in [2.05, 4.69) is 49.3 Å². The summed E-state index contributed by atoms with van der Waals surface area (Å²) in [4.78, 5) is 4.33. The molecule has 0 bridgehead atoms. The van der Waals surface area contributed by atoms with E-state index in [0.29, 0.717) is 5.41 Å². The molecule has 0 atom stereocenters. The minimum atomic E-state index is 0.482. The lowest BCUT2D eigenvalue weighted by Crippen LogP contribution is -2.28. The SMILES string of the molecule is CC(C)(C)C1CCC(CNc2ccc3ncsc3c2)CC1. The fraction of sp³-hybridized carbons (Fsp3) is 0.611. The van der Waals surface area contributed by atoms with Gasteiger partial charge in [0.05, 0.1) is 15.7 Å². The molecule has 1 fully saturated rings. The number of hydrogen-bond acceptors (Lipinski definition) is 3. The van der Waals surface area contributed by atoms with Crippen molar-refractivity contribution in [1.29, 1.82) is 0 Å². The molecule has 2 nitrogen and oxygen atoms in total. The first-order valence-corrected chi connectivity index (χ1v) is 8.97.